The smallest absolute Gasteiger partial charge is 0.214 e. The summed E-state index contributed by atoms with van der Waals surface area (Å²) in [6.45, 7) is 0.946. The van der Waals surface area contributed by atoms with Crippen molar-refractivity contribution in [3.8, 4) is 0 Å². The Morgan fingerprint density at radius 3 is 2.31 bits per heavy atom. The van der Waals surface area contributed by atoms with Crippen LogP contribution in [0.1, 0.15) is 23.2 Å². The summed E-state index contributed by atoms with van der Waals surface area (Å²) in [6.07, 6.45) is 6.57. The van der Waals surface area contributed by atoms with E-state index in [1.54, 1.807) is 0 Å². The molecule has 32 heavy (non-hydrogen) atoms. The first-order chi connectivity index (χ1) is 15.6. The Bertz CT molecular complexity index is 1190. The van der Waals surface area contributed by atoms with E-state index in [0.29, 0.717) is 0 Å². The van der Waals surface area contributed by atoms with Gasteiger partial charge in [-0.2, -0.15) is 4.57 Å². The number of nitrogens with zero attached hydrogens (tertiary/aromatic N) is 2. The Hall–Kier alpha value is -3.59. The molecule has 0 spiro atoms. The van der Waals surface area contributed by atoms with Crippen molar-refractivity contribution >= 4 is 34.4 Å². The minimum atomic E-state index is 0.946. The molecule has 0 bridgehead atoms. The normalized spacial score (nSPS) is 11.2. The number of pyridine rings is 1. The molecular formula is C29H32N3+. The minimum Gasteiger partial charge on any atom is -0.384 e. The van der Waals surface area contributed by atoms with E-state index in [2.05, 4.69) is 133 Å². The third kappa shape index (κ3) is 5.17. The van der Waals surface area contributed by atoms with Crippen molar-refractivity contribution in [3.63, 3.8) is 0 Å². The van der Waals surface area contributed by atoms with E-state index in [1.165, 1.54) is 39.1 Å². The van der Waals surface area contributed by atoms with Gasteiger partial charge in [-0.05, 0) is 48.2 Å². The second-order valence-electron chi connectivity index (χ2n) is 8.39. The topological polar surface area (TPSA) is 19.1 Å². The lowest BCUT2D eigenvalue weighted by atomic mass is 10.1. The average molecular weight is 423 g/mol. The van der Waals surface area contributed by atoms with Gasteiger partial charge in [0.2, 0.25) is 11.2 Å². The Balaban J connectivity index is 1.54. The second-order valence-corrected chi connectivity index (χ2v) is 8.39. The number of nitrogens with one attached hydrogen (secondary N) is 1. The van der Waals surface area contributed by atoms with Gasteiger partial charge < -0.3 is 10.2 Å². The van der Waals surface area contributed by atoms with Gasteiger partial charge in [0.1, 0.15) is 7.05 Å². The number of aromatic nitrogens is 1. The Morgan fingerprint density at radius 1 is 0.844 bits per heavy atom. The maximum Gasteiger partial charge on any atom is 0.214 e. The molecule has 1 aromatic heterocycles. The first kappa shape index (κ1) is 21.6. The molecule has 0 saturated heterocycles. The lowest BCUT2D eigenvalue weighted by Crippen LogP contribution is -2.33. The predicted molar refractivity (Wildman–Crippen MR) is 138 cm³/mol. The molecule has 162 valence electrons. The molecule has 0 aliphatic carbocycles. The number of hydrogen-bond acceptors (Lipinski definition) is 2. The predicted octanol–water partition coefficient (Wildman–Crippen LogP) is 5.95. The van der Waals surface area contributed by atoms with Crippen LogP contribution in [0.3, 0.4) is 0 Å². The van der Waals surface area contributed by atoms with E-state index >= 15 is 0 Å². The van der Waals surface area contributed by atoms with Crippen LogP contribution in [0.25, 0.3) is 23.1 Å². The van der Waals surface area contributed by atoms with Crippen LogP contribution in [0.15, 0.2) is 84.9 Å². The summed E-state index contributed by atoms with van der Waals surface area (Å²) < 4.78 is 2.26. The highest BCUT2D eigenvalue weighted by Crippen LogP contribution is 2.23. The van der Waals surface area contributed by atoms with Crippen LogP contribution in [0.2, 0.25) is 0 Å². The Labute approximate surface area is 191 Å². The Morgan fingerprint density at radius 2 is 1.56 bits per heavy atom. The molecule has 0 aliphatic rings. The number of anilines is 2. The van der Waals surface area contributed by atoms with Crippen molar-refractivity contribution in [2.75, 3.05) is 30.9 Å². The highest BCUT2D eigenvalue weighted by Gasteiger charge is 2.14. The van der Waals surface area contributed by atoms with Crippen molar-refractivity contribution in [2.45, 2.75) is 12.8 Å². The zero-order valence-electron chi connectivity index (χ0n) is 19.3. The highest BCUT2D eigenvalue weighted by molar-refractivity contribution is 5.90. The summed E-state index contributed by atoms with van der Waals surface area (Å²) in [6, 6.07) is 30.2. The van der Waals surface area contributed by atoms with E-state index in [-0.39, 0.29) is 0 Å². The summed E-state index contributed by atoms with van der Waals surface area (Å²) in [4.78, 5) is 2.12. The van der Waals surface area contributed by atoms with Crippen LogP contribution < -0.4 is 14.8 Å². The molecule has 0 radical (unpaired) electrons. The minimum absolute atomic E-state index is 0.946. The van der Waals surface area contributed by atoms with Gasteiger partial charge in [-0.25, -0.2) is 0 Å². The van der Waals surface area contributed by atoms with Gasteiger partial charge in [-0.15, -0.1) is 0 Å². The molecule has 3 nitrogen and oxygen atoms in total. The lowest BCUT2D eigenvalue weighted by Gasteiger charge is -2.12. The first-order valence-corrected chi connectivity index (χ1v) is 11.3. The number of rotatable bonds is 8. The fraction of sp³-hybridized carbons (Fsp3) is 0.207. The monoisotopic (exact) mass is 422 g/mol. The molecule has 1 heterocycles. The number of benzene rings is 3. The molecule has 4 rings (SSSR count). The highest BCUT2D eigenvalue weighted by atomic mass is 15.1. The van der Waals surface area contributed by atoms with Crippen molar-refractivity contribution in [3.05, 3.63) is 102 Å². The fourth-order valence-corrected chi connectivity index (χ4v) is 3.99. The molecule has 0 unspecified atom stereocenters. The van der Waals surface area contributed by atoms with E-state index in [9.17, 15) is 0 Å². The molecule has 0 saturated carbocycles. The van der Waals surface area contributed by atoms with Crippen LogP contribution in [0.4, 0.5) is 11.4 Å². The van der Waals surface area contributed by atoms with Gasteiger partial charge in [-0.1, -0.05) is 54.6 Å². The van der Waals surface area contributed by atoms with Crippen molar-refractivity contribution in [1.29, 1.82) is 0 Å². The zero-order valence-corrected chi connectivity index (χ0v) is 19.3. The molecule has 1 N–H and O–H groups in total. The average Bonchev–Trinajstić information content (AvgIpc) is 2.83. The van der Waals surface area contributed by atoms with Gasteiger partial charge in [-0.3, -0.25) is 0 Å². The molecule has 0 amide bonds. The van der Waals surface area contributed by atoms with Gasteiger partial charge in [0, 0.05) is 44.5 Å². The zero-order chi connectivity index (χ0) is 22.3. The summed E-state index contributed by atoms with van der Waals surface area (Å²) in [5.74, 6) is 0. The van der Waals surface area contributed by atoms with Crippen molar-refractivity contribution in [2.24, 2.45) is 7.05 Å². The van der Waals surface area contributed by atoms with E-state index in [0.717, 1.165) is 19.4 Å². The maximum atomic E-state index is 3.69. The van der Waals surface area contributed by atoms with E-state index < -0.39 is 0 Å². The SMILES string of the molecule is CN(C)c1ccc(/C=C/c2cc(NCCCc3ccccc3)c3ccccc3[n+]2C)cc1. The number of aryl methyl sites for hydroxylation is 2. The quantitative estimate of drug-likeness (QED) is 0.280. The van der Waals surface area contributed by atoms with Gasteiger partial charge >= 0.3 is 0 Å². The third-order valence-corrected chi connectivity index (χ3v) is 5.89. The van der Waals surface area contributed by atoms with Gasteiger partial charge in [0.25, 0.3) is 0 Å². The summed E-state index contributed by atoms with van der Waals surface area (Å²) in [7, 11) is 6.26. The lowest BCUT2D eigenvalue weighted by molar-refractivity contribution is -0.646. The van der Waals surface area contributed by atoms with Gasteiger partial charge in [0.15, 0.2) is 0 Å². The Kier molecular flexibility index (Phi) is 6.86. The molecule has 3 heteroatoms. The second kappa shape index (κ2) is 10.1. The largest absolute Gasteiger partial charge is 0.384 e. The van der Waals surface area contributed by atoms with Crippen LogP contribution in [0.5, 0.6) is 0 Å². The number of para-hydroxylation sites is 1. The molecule has 0 fully saturated rings. The molecular weight excluding hydrogens is 390 g/mol. The van der Waals surface area contributed by atoms with Gasteiger partial charge in [0.05, 0.1) is 11.1 Å². The molecule has 0 aliphatic heterocycles. The summed E-state index contributed by atoms with van der Waals surface area (Å²) >= 11 is 0. The van der Waals surface area contributed by atoms with Crippen LogP contribution >= 0.6 is 0 Å². The molecule has 0 atom stereocenters. The number of hydrogen-bond donors (Lipinski definition) is 1. The van der Waals surface area contributed by atoms with Crippen LogP contribution in [0, 0.1) is 0 Å². The maximum absolute atomic E-state index is 3.69. The van der Waals surface area contributed by atoms with Crippen LogP contribution in [-0.4, -0.2) is 20.6 Å². The van der Waals surface area contributed by atoms with E-state index in [4.69, 9.17) is 0 Å². The summed E-state index contributed by atoms with van der Waals surface area (Å²) in [5.41, 5.74) is 7.38. The first-order valence-electron chi connectivity index (χ1n) is 11.3. The van der Waals surface area contributed by atoms with Crippen molar-refractivity contribution < 1.29 is 4.57 Å². The molecule has 3 aromatic carbocycles. The molecule has 4 aromatic rings. The van der Waals surface area contributed by atoms with E-state index in [1.807, 2.05) is 0 Å². The van der Waals surface area contributed by atoms with Crippen LogP contribution in [-0.2, 0) is 13.5 Å². The standard InChI is InChI=1S/C29H31N3/c1-31(2)25-18-15-24(16-19-25)17-20-26-22-28(27-13-7-8-14-29(27)32(26)3)30-21-9-12-23-10-5-4-6-11-23/h4-8,10-11,13-20,22H,9,12,21H2,1-3H3/p+1/b20-17+. The third-order valence-electron chi connectivity index (χ3n) is 5.89. The fourth-order valence-electron chi connectivity index (χ4n) is 3.99. The summed E-state index contributed by atoms with van der Waals surface area (Å²) in [5, 5.41) is 4.94. The van der Waals surface area contributed by atoms with Crippen molar-refractivity contribution in [1.82, 2.24) is 0 Å². The number of fused-ring (bicyclic) bond motifs is 1.